The molecule has 16 heavy (non-hydrogen) atoms. The summed E-state index contributed by atoms with van der Waals surface area (Å²) in [5.41, 5.74) is 0.0191. The molecule has 2 aromatic rings. The average Bonchev–Trinajstić information content (AvgIpc) is 2.65. The molecule has 0 aliphatic carbocycles. The van der Waals surface area contributed by atoms with Crippen LogP contribution in [0.3, 0.4) is 0 Å². The highest BCUT2D eigenvalue weighted by Gasteiger charge is 2.12. The molecular weight excluding hydrogens is 214 g/mol. The predicted octanol–water partition coefficient (Wildman–Crippen LogP) is -1.03. The minimum atomic E-state index is -1.40. The van der Waals surface area contributed by atoms with E-state index in [1.807, 2.05) is 0 Å². The molecular formula is C8H9N5O3. The molecule has 2 heterocycles. The molecule has 2 aromatic heterocycles. The molecule has 0 aliphatic heterocycles. The van der Waals surface area contributed by atoms with Gasteiger partial charge in [0.1, 0.15) is 0 Å². The van der Waals surface area contributed by atoms with E-state index in [2.05, 4.69) is 25.3 Å². The van der Waals surface area contributed by atoms with Crippen LogP contribution in [-0.4, -0.2) is 37.1 Å². The van der Waals surface area contributed by atoms with Gasteiger partial charge in [0, 0.05) is 0 Å². The number of aliphatic hydroxyl groups is 1. The minimum absolute atomic E-state index is 0.00713. The summed E-state index contributed by atoms with van der Waals surface area (Å²) in [7, 11) is 0. The van der Waals surface area contributed by atoms with Crippen molar-refractivity contribution in [2.24, 2.45) is 0 Å². The second-order valence-electron chi connectivity index (χ2n) is 3.17. The van der Waals surface area contributed by atoms with Crippen LogP contribution in [0.5, 0.6) is 0 Å². The number of imidazole rings is 1. The van der Waals surface area contributed by atoms with Crippen molar-refractivity contribution in [1.82, 2.24) is 19.9 Å². The maximum Gasteiger partial charge on any atom is 0.278 e. The van der Waals surface area contributed by atoms with Gasteiger partial charge >= 0.3 is 0 Å². The van der Waals surface area contributed by atoms with Crippen molar-refractivity contribution in [3.05, 3.63) is 16.7 Å². The maximum absolute atomic E-state index is 11.4. The summed E-state index contributed by atoms with van der Waals surface area (Å²) in [5, 5.41) is 11.6. The van der Waals surface area contributed by atoms with E-state index >= 15 is 0 Å². The predicted molar refractivity (Wildman–Crippen MR) is 54.8 cm³/mol. The van der Waals surface area contributed by atoms with E-state index in [0.29, 0.717) is 0 Å². The fourth-order valence-corrected chi connectivity index (χ4v) is 1.14. The molecule has 4 N–H and O–H groups in total. The summed E-state index contributed by atoms with van der Waals surface area (Å²) in [6.45, 7) is 1.21. The lowest BCUT2D eigenvalue weighted by Gasteiger charge is -2.08. The van der Waals surface area contributed by atoms with Gasteiger partial charge in [-0.25, -0.2) is 4.98 Å². The van der Waals surface area contributed by atoms with Crippen LogP contribution < -0.4 is 10.9 Å². The smallest absolute Gasteiger partial charge is 0.278 e. The van der Waals surface area contributed by atoms with Gasteiger partial charge in [0.05, 0.1) is 6.33 Å². The Morgan fingerprint density at radius 1 is 1.62 bits per heavy atom. The van der Waals surface area contributed by atoms with Crippen molar-refractivity contribution in [1.29, 1.82) is 0 Å². The maximum atomic E-state index is 11.4. The number of carbonyl (C=O) groups is 1. The Kier molecular flexibility index (Phi) is 2.41. The zero-order valence-electron chi connectivity index (χ0n) is 8.31. The first-order valence-electron chi connectivity index (χ1n) is 4.46. The molecule has 0 spiro atoms. The topological polar surface area (TPSA) is 124 Å². The van der Waals surface area contributed by atoms with E-state index in [4.69, 9.17) is 0 Å². The van der Waals surface area contributed by atoms with E-state index in [0.717, 1.165) is 0 Å². The van der Waals surface area contributed by atoms with Crippen molar-refractivity contribution >= 4 is 22.9 Å². The number of fused-ring (bicyclic) bond motifs is 1. The Balaban J connectivity index is 2.39. The van der Waals surface area contributed by atoms with Crippen molar-refractivity contribution in [2.75, 3.05) is 5.32 Å². The number of anilines is 1. The van der Waals surface area contributed by atoms with Crippen LogP contribution in [0.25, 0.3) is 11.2 Å². The number of rotatable bonds is 3. The fraction of sp³-hybridized carbons (Fsp3) is 0.250. The van der Waals surface area contributed by atoms with Gasteiger partial charge in [-0.05, 0) is 6.92 Å². The van der Waals surface area contributed by atoms with E-state index < -0.39 is 17.6 Å². The molecule has 1 unspecified atom stereocenters. The zero-order valence-corrected chi connectivity index (χ0v) is 8.31. The molecule has 0 aliphatic rings. The molecule has 8 heteroatoms. The largest absolute Gasteiger partial charge is 0.367 e. The van der Waals surface area contributed by atoms with Crippen LogP contribution in [0.2, 0.25) is 0 Å². The quantitative estimate of drug-likeness (QED) is 0.493. The van der Waals surface area contributed by atoms with Crippen molar-refractivity contribution in [3.63, 3.8) is 0 Å². The van der Waals surface area contributed by atoms with Gasteiger partial charge in [-0.3, -0.25) is 14.6 Å². The lowest BCUT2D eigenvalue weighted by molar-refractivity contribution is -0.123. The van der Waals surface area contributed by atoms with Gasteiger partial charge in [0.25, 0.3) is 5.56 Å². The van der Waals surface area contributed by atoms with E-state index in [1.54, 1.807) is 0 Å². The number of aliphatic hydroxyl groups excluding tert-OH is 1. The average molecular weight is 223 g/mol. The number of hydrogen-bond donors (Lipinski definition) is 4. The highest BCUT2D eigenvalue weighted by molar-refractivity contribution is 5.82. The van der Waals surface area contributed by atoms with Gasteiger partial charge in [-0.15, -0.1) is 0 Å². The standard InChI is InChI=1S/C8H9N5O3/c1-3(14)6(15)12-8-11-5-4(7(16)13-8)9-2-10-5/h2,6,15H,1H3,(H3,9,10,11,12,13,16). The van der Waals surface area contributed by atoms with Crippen LogP contribution in [0.1, 0.15) is 6.92 Å². The van der Waals surface area contributed by atoms with Gasteiger partial charge in [-0.1, -0.05) is 0 Å². The highest BCUT2D eigenvalue weighted by Crippen LogP contribution is 2.03. The van der Waals surface area contributed by atoms with Crippen LogP contribution in [0, 0.1) is 0 Å². The van der Waals surface area contributed by atoms with Crippen LogP contribution in [0.4, 0.5) is 5.95 Å². The van der Waals surface area contributed by atoms with Gasteiger partial charge in [0.15, 0.2) is 23.2 Å². The normalized spacial score (nSPS) is 12.6. The number of aromatic amines is 2. The second kappa shape index (κ2) is 3.74. The molecule has 0 saturated heterocycles. The van der Waals surface area contributed by atoms with Crippen LogP contribution in [0.15, 0.2) is 11.1 Å². The summed E-state index contributed by atoms with van der Waals surface area (Å²) in [4.78, 5) is 34.9. The Morgan fingerprint density at radius 3 is 3.06 bits per heavy atom. The summed E-state index contributed by atoms with van der Waals surface area (Å²) in [6.07, 6.45) is -0.0718. The molecule has 2 rings (SSSR count). The Bertz CT molecular complexity index is 587. The molecule has 84 valence electrons. The second-order valence-corrected chi connectivity index (χ2v) is 3.17. The van der Waals surface area contributed by atoms with Gasteiger partial charge < -0.3 is 15.4 Å². The monoisotopic (exact) mass is 223 g/mol. The van der Waals surface area contributed by atoms with Gasteiger partial charge in [-0.2, -0.15) is 4.98 Å². The van der Waals surface area contributed by atoms with Crippen LogP contribution >= 0.6 is 0 Å². The number of aromatic nitrogens is 4. The molecule has 0 aromatic carbocycles. The summed E-state index contributed by atoms with van der Waals surface area (Å²) in [5.74, 6) is -0.489. The summed E-state index contributed by atoms with van der Waals surface area (Å²) in [6, 6.07) is 0. The third-order valence-electron chi connectivity index (χ3n) is 1.95. The lowest BCUT2D eigenvalue weighted by Crippen LogP contribution is -2.28. The molecule has 0 radical (unpaired) electrons. The number of ketones is 1. The molecule has 1 atom stereocenters. The van der Waals surface area contributed by atoms with E-state index in [9.17, 15) is 14.7 Å². The Labute approximate surface area is 88.7 Å². The number of Topliss-reactive ketones (excluding diaryl/α,β-unsaturated/α-hetero) is 1. The first-order valence-corrected chi connectivity index (χ1v) is 4.46. The number of nitrogens with one attached hydrogen (secondary N) is 3. The first-order chi connectivity index (χ1) is 7.58. The Morgan fingerprint density at radius 2 is 2.38 bits per heavy atom. The van der Waals surface area contributed by atoms with Crippen molar-refractivity contribution in [2.45, 2.75) is 13.2 Å². The summed E-state index contributed by atoms with van der Waals surface area (Å²) >= 11 is 0. The molecule has 0 fully saturated rings. The van der Waals surface area contributed by atoms with Crippen LogP contribution in [-0.2, 0) is 4.79 Å². The zero-order chi connectivity index (χ0) is 11.7. The van der Waals surface area contributed by atoms with E-state index in [1.165, 1.54) is 13.3 Å². The molecule has 0 amide bonds. The highest BCUT2D eigenvalue weighted by atomic mass is 16.3. The van der Waals surface area contributed by atoms with Gasteiger partial charge in [0.2, 0.25) is 5.95 Å². The minimum Gasteiger partial charge on any atom is -0.367 e. The number of nitrogens with zero attached hydrogens (tertiary/aromatic N) is 2. The lowest BCUT2D eigenvalue weighted by atomic mass is 10.4. The number of carbonyl (C=O) groups excluding carboxylic acids is 1. The summed E-state index contributed by atoms with van der Waals surface area (Å²) < 4.78 is 0. The van der Waals surface area contributed by atoms with E-state index in [-0.39, 0.29) is 17.1 Å². The molecule has 8 nitrogen and oxygen atoms in total. The fourth-order valence-electron chi connectivity index (χ4n) is 1.14. The third kappa shape index (κ3) is 1.77. The Hall–Kier alpha value is -2.22. The van der Waals surface area contributed by atoms with Crippen molar-refractivity contribution < 1.29 is 9.90 Å². The molecule has 0 saturated carbocycles. The third-order valence-corrected chi connectivity index (χ3v) is 1.95. The SMILES string of the molecule is CC(=O)C(O)Nc1nc2nc[nH]c2c(=O)[nH]1. The number of H-pyrrole nitrogens is 2. The number of hydrogen-bond acceptors (Lipinski definition) is 6. The van der Waals surface area contributed by atoms with Crippen molar-refractivity contribution in [3.8, 4) is 0 Å². The first kappa shape index (κ1) is 10.3. The molecule has 0 bridgehead atoms.